The molecule has 2 N–H and O–H groups in total. The number of rotatable bonds is 13. The van der Waals surface area contributed by atoms with Gasteiger partial charge in [-0.2, -0.15) is 0 Å². The van der Waals surface area contributed by atoms with E-state index in [1.54, 1.807) is 6.08 Å². The Morgan fingerprint density at radius 2 is 1.74 bits per heavy atom. The van der Waals surface area contributed by atoms with Gasteiger partial charge in [0.15, 0.2) is 5.78 Å². The Kier molecular flexibility index (Phi) is 9.26. The number of aliphatic hydroxyl groups excluding tert-OH is 1. The number of carboxylic acid groups (broad SMARTS) is 1. The highest BCUT2D eigenvalue weighted by atomic mass is 16.4. The quantitative estimate of drug-likeness (QED) is 0.498. The zero-order valence-electron chi connectivity index (χ0n) is 16.1. The smallest absolute Gasteiger partial charge is 0.303 e. The van der Waals surface area contributed by atoms with Crippen LogP contribution in [0.15, 0.2) is 42.5 Å². The SMILES string of the molecule is O=C(O)CCCCCCC1C(=O)C=CC1CCC(O)CCc1ccccc1. The molecule has 0 heterocycles. The third-order valence-electron chi connectivity index (χ3n) is 5.49. The van der Waals surface area contributed by atoms with Gasteiger partial charge in [0.25, 0.3) is 0 Å². The van der Waals surface area contributed by atoms with Crippen molar-refractivity contribution in [3.05, 3.63) is 48.0 Å². The van der Waals surface area contributed by atoms with Gasteiger partial charge < -0.3 is 10.2 Å². The maximum atomic E-state index is 12.1. The molecule has 0 aliphatic heterocycles. The minimum Gasteiger partial charge on any atom is -0.481 e. The maximum Gasteiger partial charge on any atom is 0.303 e. The average molecular weight is 373 g/mol. The fourth-order valence-corrected chi connectivity index (χ4v) is 3.84. The first kappa shape index (κ1) is 21.4. The lowest BCUT2D eigenvalue weighted by molar-refractivity contribution is -0.137. The topological polar surface area (TPSA) is 74.6 Å². The number of aliphatic carboxylic acids is 1. The maximum absolute atomic E-state index is 12.1. The fourth-order valence-electron chi connectivity index (χ4n) is 3.84. The van der Waals surface area contributed by atoms with Gasteiger partial charge in [-0.3, -0.25) is 9.59 Å². The summed E-state index contributed by atoms with van der Waals surface area (Å²) in [5, 5.41) is 18.9. The van der Waals surface area contributed by atoms with Gasteiger partial charge in [-0.05, 0) is 56.1 Å². The van der Waals surface area contributed by atoms with Crippen molar-refractivity contribution >= 4 is 11.8 Å². The number of aryl methyl sites for hydroxylation is 1. The Morgan fingerprint density at radius 1 is 1.00 bits per heavy atom. The van der Waals surface area contributed by atoms with Gasteiger partial charge in [0.05, 0.1) is 6.10 Å². The number of benzene rings is 1. The molecule has 0 saturated heterocycles. The molecule has 4 heteroatoms. The molecule has 0 amide bonds. The summed E-state index contributed by atoms with van der Waals surface area (Å²) >= 11 is 0. The van der Waals surface area contributed by atoms with Crippen molar-refractivity contribution in [2.45, 2.75) is 70.3 Å². The second-order valence-corrected chi connectivity index (χ2v) is 7.63. The summed E-state index contributed by atoms with van der Waals surface area (Å²) in [5.74, 6) is -0.242. The van der Waals surface area contributed by atoms with E-state index < -0.39 is 5.97 Å². The Morgan fingerprint density at radius 3 is 2.48 bits per heavy atom. The number of ketones is 1. The summed E-state index contributed by atoms with van der Waals surface area (Å²) in [6.07, 6.45) is 11.2. The first-order valence-corrected chi connectivity index (χ1v) is 10.2. The van der Waals surface area contributed by atoms with E-state index in [2.05, 4.69) is 12.1 Å². The third-order valence-corrected chi connectivity index (χ3v) is 5.49. The molecule has 0 bridgehead atoms. The minimum atomic E-state index is -0.740. The molecule has 2 rings (SSSR count). The first-order chi connectivity index (χ1) is 13.1. The van der Waals surface area contributed by atoms with E-state index in [0.717, 1.165) is 51.4 Å². The molecule has 148 valence electrons. The first-order valence-electron chi connectivity index (χ1n) is 10.2. The molecule has 0 spiro atoms. The molecule has 0 fully saturated rings. The van der Waals surface area contributed by atoms with Gasteiger partial charge in [-0.15, -0.1) is 0 Å². The molecule has 0 aromatic heterocycles. The molecule has 0 radical (unpaired) electrons. The monoisotopic (exact) mass is 372 g/mol. The normalized spacial score (nSPS) is 20.1. The minimum absolute atomic E-state index is 0.0470. The van der Waals surface area contributed by atoms with Crippen molar-refractivity contribution in [3.63, 3.8) is 0 Å². The predicted molar refractivity (Wildman–Crippen MR) is 106 cm³/mol. The number of unbranched alkanes of at least 4 members (excludes halogenated alkanes) is 3. The van der Waals surface area contributed by atoms with Crippen LogP contribution in [-0.2, 0) is 16.0 Å². The number of aliphatic hydroxyl groups is 1. The van der Waals surface area contributed by atoms with E-state index in [1.165, 1.54) is 5.56 Å². The molecular formula is C23H32O4. The van der Waals surface area contributed by atoms with Crippen molar-refractivity contribution in [1.82, 2.24) is 0 Å². The second kappa shape index (κ2) is 11.7. The highest BCUT2D eigenvalue weighted by molar-refractivity contribution is 5.94. The van der Waals surface area contributed by atoms with Crippen molar-refractivity contribution in [3.8, 4) is 0 Å². The van der Waals surface area contributed by atoms with Crippen LogP contribution >= 0.6 is 0 Å². The Balaban J connectivity index is 1.64. The lowest BCUT2D eigenvalue weighted by Gasteiger charge is -2.19. The highest BCUT2D eigenvalue weighted by Crippen LogP contribution is 2.31. The molecule has 0 saturated carbocycles. The van der Waals surface area contributed by atoms with Crippen molar-refractivity contribution < 1.29 is 19.8 Å². The van der Waals surface area contributed by atoms with E-state index >= 15 is 0 Å². The highest BCUT2D eigenvalue weighted by Gasteiger charge is 2.29. The number of carbonyl (C=O) groups excluding carboxylic acids is 1. The van der Waals surface area contributed by atoms with Gasteiger partial charge in [-0.1, -0.05) is 55.7 Å². The lowest BCUT2D eigenvalue weighted by Crippen LogP contribution is -2.18. The Hall–Kier alpha value is -1.94. The summed E-state index contributed by atoms with van der Waals surface area (Å²) in [7, 11) is 0. The fraction of sp³-hybridized carbons (Fsp3) is 0.565. The lowest BCUT2D eigenvalue weighted by atomic mass is 9.85. The standard InChI is InChI=1S/C23H32O4/c24-20(15-12-18-8-4-3-5-9-18)16-13-19-14-17-22(25)21(19)10-6-1-2-7-11-23(26)27/h3-5,8-9,14,17,19-21,24H,1-2,6-7,10-13,15-16H2,(H,26,27). The second-order valence-electron chi connectivity index (χ2n) is 7.63. The van der Waals surface area contributed by atoms with Crippen LogP contribution in [0.2, 0.25) is 0 Å². The van der Waals surface area contributed by atoms with Crippen LogP contribution in [-0.4, -0.2) is 28.1 Å². The van der Waals surface area contributed by atoms with Crippen LogP contribution in [0.1, 0.15) is 63.4 Å². The van der Waals surface area contributed by atoms with Crippen molar-refractivity contribution in [2.24, 2.45) is 11.8 Å². The van der Waals surface area contributed by atoms with Crippen LogP contribution < -0.4 is 0 Å². The van der Waals surface area contributed by atoms with Gasteiger partial charge in [-0.25, -0.2) is 0 Å². The van der Waals surface area contributed by atoms with Gasteiger partial charge in [0.1, 0.15) is 0 Å². The van der Waals surface area contributed by atoms with Crippen LogP contribution in [0.3, 0.4) is 0 Å². The summed E-state index contributed by atoms with van der Waals surface area (Å²) in [4.78, 5) is 22.6. The van der Waals surface area contributed by atoms with Crippen molar-refractivity contribution in [2.75, 3.05) is 0 Å². The molecule has 27 heavy (non-hydrogen) atoms. The number of carbonyl (C=O) groups is 2. The van der Waals surface area contributed by atoms with E-state index in [0.29, 0.717) is 6.42 Å². The van der Waals surface area contributed by atoms with Crippen LogP contribution in [0.5, 0.6) is 0 Å². The van der Waals surface area contributed by atoms with Gasteiger partial charge in [0, 0.05) is 12.3 Å². The summed E-state index contributed by atoms with van der Waals surface area (Å²) < 4.78 is 0. The van der Waals surface area contributed by atoms with Crippen LogP contribution in [0, 0.1) is 11.8 Å². The largest absolute Gasteiger partial charge is 0.481 e. The van der Waals surface area contributed by atoms with E-state index in [-0.39, 0.29) is 30.1 Å². The predicted octanol–water partition coefficient (Wildman–Crippen LogP) is 4.56. The number of carboxylic acids is 1. The number of allylic oxidation sites excluding steroid dienone is 2. The zero-order valence-corrected chi connectivity index (χ0v) is 16.1. The Bertz CT molecular complexity index is 608. The van der Waals surface area contributed by atoms with E-state index in [4.69, 9.17) is 5.11 Å². The molecule has 4 nitrogen and oxygen atoms in total. The van der Waals surface area contributed by atoms with E-state index in [9.17, 15) is 14.7 Å². The molecule has 1 aromatic rings. The number of hydrogen-bond acceptors (Lipinski definition) is 3. The summed E-state index contributed by atoms with van der Waals surface area (Å²) in [5.41, 5.74) is 1.24. The van der Waals surface area contributed by atoms with Gasteiger partial charge in [0.2, 0.25) is 0 Å². The molecular weight excluding hydrogens is 340 g/mol. The third kappa shape index (κ3) is 8.08. The van der Waals surface area contributed by atoms with Crippen molar-refractivity contribution in [1.29, 1.82) is 0 Å². The molecule has 3 unspecified atom stereocenters. The molecule has 1 aliphatic carbocycles. The molecule has 1 aromatic carbocycles. The van der Waals surface area contributed by atoms with Gasteiger partial charge >= 0.3 is 5.97 Å². The summed E-state index contributed by atoms with van der Waals surface area (Å²) in [6.45, 7) is 0. The van der Waals surface area contributed by atoms with Crippen LogP contribution in [0.25, 0.3) is 0 Å². The summed E-state index contributed by atoms with van der Waals surface area (Å²) in [6, 6.07) is 10.2. The zero-order chi connectivity index (χ0) is 19.5. The van der Waals surface area contributed by atoms with Crippen LogP contribution in [0.4, 0.5) is 0 Å². The number of hydrogen-bond donors (Lipinski definition) is 2. The molecule has 3 atom stereocenters. The molecule has 1 aliphatic rings. The average Bonchev–Trinajstić information content (AvgIpc) is 3.01. The Labute approximate surface area is 162 Å². The van der Waals surface area contributed by atoms with E-state index in [1.807, 2.05) is 24.3 Å².